The minimum atomic E-state index is -1.36. The third-order valence-corrected chi connectivity index (χ3v) is 3.16. The summed E-state index contributed by atoms with van der Waals surface area (Å²) < 4.78 is 5.07. The quantitative estimate of drug-likeness (QED) is 0.809. The largest absolute Gasteiger partial charge is 0.479 e. The number of nitrogens with one attached hydrogen (secondary N) is 1. The Kier molecular flexibility index (Phi) is 3.73. The Morgan fingerprint density at radius 2 is 2.26 bits per heavy atom. The monoisotopic (exact) mass is 284 g/mol. The van der Waals surface area contributed by atoms with Gasteiger partial charge in [0.1, 0.15) is 5.15 Å². The molecule has 1 aromatic rings. The minimum absolute atomic E-state index is 0.0358. The van der Waals surface area contributed by atoms with Crippen molar-refractivity contribution in [3.05, 3.63) is 28.5 Å². The lowest BCUT2D eigenvalue weighted by Crippen LogP contribution is -2.55. The molecule has 0 aromatic carbocycles. The summed E-state index contributed by atoms with van der Waals surface area (Å²) in [6, 6.07) is 2.95. The Bertz CT molecular complexity index is 506. The molecule has 6 nitrogen and oxygen atoms in total. The molecule has 1 atom stereocenters. The summed E-state index contributed by atoms with van der Waals surface area (Å²) >= 11 is 5.78. The van der Waals surface area contributed by atoms with Crippen LogP contribution in [0, 0.1) is 6.92 Å². The number of aryl methyl sites for hydroxylation is 1. The van der Waals surface area contributed by atoms with Gasteiger partial charge < -0.3 is 15.2 Å². The third kappa shape index (κ3) is 2.85. The first-order chi connectivity index (χ1) is 8.93. The van der Waals surface area contributed by atoms with Gasteiger partial charge in [-0.05, 0) is 19.1 Å². The summed E-state index contributed by atoms with van der Waals surface area (Å²) in [4.78, 5) is 27.3. The van der Waals surface area contributed by atoms with E-state index in [4.69, 9.17) is 16.3 Å². The van der Waals surface area contributed by atoms with Crippen LogP contribution in [0.25, 0.3) is 0 Å². The summed E-state index contributed by atoms with van der Waals surface area (Å²) in [5, 5.41) is 11.9. The molecule has 2 heterocycles. The lowest BCUT2D eigenvalue weighted by molar-refractivity contribution is -0.144. The van der Waals surface area contributed by atoms with Gasteiger partial charge in [0.15, 0.2) is 5.54 Å². The van der Waals surface area contributed by atoms with E-state index in [0.29, 0.717) is 12.3 Å². The molecule has 2 rings (SSSR count). The normalized spacial score (nSPS) is 22.2. The zero-order valence-electron chi connectivity index (χ0n) is 10.3. The van der Waals surface area contributed by atoms with Crippen molar-refractivity contribution < 1.29 is 19.4 Å². The lowest BCUT2D eigenvalue weighted by Gasteiger charge is -2.23. The fourth-order valence-corrected chi connectivity index (χ4v) is 2.19. The van der Waals surface area contributed by atoms with E-state index in [9.17, 15) is 14.7 Å². The van der Waals surface area contributed by atoms with E-state index in [0.717, 1.165) is 0 Å². The molecule has 0 radical (unpaired) electrons. The number of hydrogen-bond acceptors (Lipinski definition) is 4. The number of hydrogen-bond donors (Lipinski definition) is 2. The van der Waals surface area contributed by atoms with Crippen molar-refractivity contribution in [1.29, 1.82) is 0 Å². The van der Waals surface area contributed by atoms with Crippen LogP contribution in [0.4, 0.5) is 0 Å². The molecule has 0 saturated carbocycles. The molecule has 1 amide bonds. The second kappa shape index (κ2) is 5.14. The van der Waals surface area contributed by atoms with Gasteiger partial charge in [-0.1, -0.05) is 11.6 Å². The number of aromatic nitrogens is 1. The predicted octanol–water partition coefficient (Wildman–Crippen LogP) is 1.02. The van der Waals surface area contributed by atoms with E-state index in [2.05, 4.69) is 10.3 Å². The van der Waals surface area contributed by atoms with Crippen LogP contribution in [-0.2, 0) is 9.53 Å². The van der Waals surface area contributed by atoms with Crippen LogP contribution in [0.5, 0.6) is 0 Å². The van der Waals surface area contributed by atoms with Crippen molar-refractivity contribution in [2.75, 3.05) is 13.2 Å². The Labute approximate surface area is 114 Å². The molecule has 7 heteroatoms. The van der Waals surface area contributed by atoms with Crippen molar-refractivity contribution in [1.82, 2.24) is 10.3 Å². The van der Waals surface area contributed by atoms with Gasteiger partial charge in [-0.2, -0.15) is 0 Å². The van der Waals surface area contributed by atoms with Gasteiger partial charge in [-0.25, -0.2) is 9.78 Å². The SMILES string of the molecule is Cc1cc(C(=O)NC2(C(=O)O)CCOC2)cc(Cl)n1. The highest BCUT2D eigenvalue weighted by molar-refractivity contribution is 6.29. The average molecular weight is 285 g/mol. The fraction of sp³-hybridized carbons (Fsp3) is 0.417. The van der Waals surface area contributed by atoms with Crippen molar-refractivity contribution in [3.8, 4) is 0 Å². The van der Waals surface area contributed by atoms with E-state index in [1.165, 1.54) is 6.07 Å². The summed E-state index contributed by atoms with van der Waals surface area (Å²) in [5.41, 5.74) is -0.490. The second-order valence-electron chi connectivity index (χ2n) is 4.46. The van der Waals surface area contributed by atoms with Crippen molar-refractivity contribution in [2.24, 2.45) is 0 Å². The van der Waals surface area contributed by atoms with Gasteiger partial charge in [0, 0.05) is 24.3 Å². The van der Waals surface area contributed by atoms with Gasteiger partial charge in [-0.15, -0.1) is 0 Å². The molecule has 1 fully saturated rings. The maximum absolute atomic E-state index is 12.1. The molecule has 0 aliphatic carbocycles. The third-order valence-electron chi connectivity index (χ3n) is 2.97. The van der Waals surface area contributed by atoms with Gasteiger partial charge in [0.05, 0.1) is 6.61 Å². The molecule has 1 unspecified atom stereocenters. The molecule has 19 heavy (non-hydrogen) atoms. The number of carbonyl (C=O) groups is 2. The standard InChI is InChI=1S/C12H13ClN2O4/c1-7-4-8(5-9(13)14-7)10(16)15-12(11(17)18)2-3-19-6-12/h4-5H,2-3,6H2,1H3,(H,15,16)(H,17,18). The number of carbonyl (C=O) groups excluding carboxylic acids is 1. The fourth-order valence-electron chi connectivity index (χ4n) is 1.93. The van der Waals surface area contributed by atoms with Gasteiger partial charge in [-0.3, -0.25) is 4.79 Å². The Morgan fingerprint density at radius 3 is 2.79 bits per heavy atom. The zero-order chi connectivity index (χ0) is 14.0. The first-order valence-electron chi connectivity index (χ1n) is 5.71. The number of amides is 1. The highest BCUT2D eigenvalue weighted by Gasteiger charge is 2.44. The van der Waals surface area contributed by atoms with Crippen LogP contribution < -0.4 is 5.32 Å². The first kappa shape index (κ1) is 13.8. The maximum atomic E-state index is 12.1. The van der Waals surface area contributed by atoms with E-state index in [1.807, 2.05) is 0 Å². The summed E-state index contributed by atoms with van der Waals surface area (Å²) in [7, 11) is 0. The van der Waals surface area contributed by atoms with E-state index >= 15 is 0 Å². The number of carboxylic acids is 1. The van der Waals surface area contributed by atoms with Crippen LogP contribution in [0.1, 0.15) is 22.5 Å². The Morgan fingerprint density at radius 1 is 1.53 bits per heavy atom. The summed E-state index contributed by atoms with van der Waals surface area (Å²) in [6.45, 7) is 1.98. The van der Waals surface area contributed by atoms with Crippen LogP contribution >= 0.6 is 11.6 Å². The molecular weight excluding hydrogens is 272 g/mol. The summed E-state index contributed by atoms with van der Waals surface area (Å²) in [5.74, 6) is -1.60. The molecule has 1 aliphatic heterocycles. The van der Waals surface area contributed by atoms with Gasteiger partial charge in [0.25, 0.3) is 5.91 Å². The average Bonchev–Trinajstić information content (AvgIpc) is 2.77. The van der Waals surface area contributed by atoms with Crippen LogP contribution in [0.15, 0.2) is 12.1 Å². The number of rotatable bonds is 3. The molecule has 0 spiro atoms. The topological polar surface area (TPSA) is 88.5 Å². The van der Waals surface area contributed by atoms with E-state index in [1.54, 1.807) is 13.0 Å². The molecular formula is C12H13ClN2O4. The van der Waals surface area contributed by atoms with Crippen molar-refractivity contribution >= 4 is 23.5 Å². The number of ether oxygens (including phenoxy) is 1. The first-order valence-corrected chi connectivity index (χ1v) is 6.09. The number of carboxylic acid groups (broad SMARTS) is 1. The molecule has 102 valence electrons. The lowest BCUT2D eigenvalue weighted by atomic mass is 9.98. The number of aliphatic carboxylic acids is 1. The molecule has 2 N–H and O–H groups in total. The highest BCUT2D eigenvalue weighted by atomic mass is 35.5. The molecule has 0 bridgehead atoms. The number of nitrogens with zero attached hydrogens (tertiary/aromatic N) is 1. The Hall–Kier alpha value is -1.66. The van der Waals surface area contributed by atoms with E-state index < -0.39 is 17.4 Å². The second-order valence-corrected chi connectivity index (χ2v) is 4.85. The molecule has 1 saturated heterocycles. The smallest absolute Gasteiger partial charge is 0.331 e. The van der Waals surface area contributed by atoms with Crippen LogP contribution in [0.2, 0.25) is 5.15 Å². The number of pyridine rings is 1. The van der Waals surface area contributed by atoms with Crippen LogP contribution in [0.3, 0.4) is 0 Å². The van der Waals surface area contributed by atoms with E-state index in [-0.39, 0.29) is 23.7 Å². The minimum Gasteiger partial charge on any atom is -0.479 e. The predicted molar refractivity (Wildman–Crippen MR) is 67.3 cm³/mol. The molecule has 1 aliphatic rings. The van der Waals surface area contributed by atoms with Gasteiger partial charge in [0.2, 0.25) is 0 Å². The van der Waals surface area contributed by atoms with Crippen molar-refractivity contribution in [2.45, 2.75) is 18.9 Å². The highest BCUT2D eigenvalue weighted by Crippen LogP contribution is 2.20. The van der Waals surface area contributed by atoms with Crippen molar-refractivity contribution in [3.63, 3.8) is 0 Å². The Balaban J connectivity index is 2.22. The van der Waals surface area contributed by atoms with Crippen LogP contribution in [-0.4, -0.2) is 40.7 Å². The number of halogens is 1. The zero-order valence-corrected chi connectivity index (χ0v) is 11.0. The molecule has 1 aromatic heterocycles. The maximum Gasteiger partial charge on any atom is 0.331 e. The summed E-state index contributed by atoms with van der Waals surface area (Å²) in [6.07, 6.45) is 0.242. The van der Waals surface area contributed by atoms with Gasteiger partial charge >= 0.3 is 5.97 Å².